The van der Waals surface area contributed by atoms with E-state index in [0.29, 0.717) is 0 Å². The van der Waals surface area contributed by atoms with Gasteiger partial charge in [0.2, 0.25) is 4.96 Å². The fraction of sp³-hybridized carbons (Fsp3) is 0.333. The first-order chi connectivity index (χ1) is 10.2. The summed E-state index contributed by atoms with van der Waals surface area (Å²) < 4.78 is 7.12. The molecule has 0 saturated carbocycles. The minimum atomic E-state index is -0.0657. The van der Waals surface area contributed by atoms with Gasteiger partial charge in [-0.15, -0.1) is 0 Å². The van der Waals surface area contributed by atoms with Gasteiger partial charge < -0.3 is 9.84 Å². The highest BCUT2D eigenvalue weighted by Crippen LogP contribution is 2.34. The zero-order valence-corrected chi connectivity index (χ0v) is 13.0. The molecule has 0 radical (unpaired) electrons. The average Bonchev–Trinajstić information content (AvgIpc) is 3.04. The number of ether oxygens (including phenoxy) is 1. The largest absolute Gasteiger partial charge is 0.496 e. The molecule has 3 rings (SSSR count). The smallest absolute Gasteiger partial charge is 0.213 e. The molecule has 1 N–H and O–H groups in total. The second-order valence-electron chi connectivity index (χ2n) is 5.06. The molecular weight excluding hydrogens is 286 g/mol. The van der Waals surface area contributed by atoms with Crippen molar-refractivity contribution in [1.29, 1.82) is 0 Å². The summed E-state index contributed by atoms with van der Waals surface area (Å²) in [6, 6.07) is 7.76. The Kier molecular flexibility index (Phi) is 3.65. The minimum absolute atomic E-state index is 0.0657. The van der Waals surface area contributed by atoms with Crippen molar-refractivity contribution in [2.24, 2.45) is 0 Å². The molecule has 0 spiro atoms. The lowest BCUT2D eigenvalue weighted by atomic mass is 10.1. The lowest BCUT2D eigenvalue weighted by molar-refractivity contribution is 0.272. The van der Waals surface area contributed by atoms with Gasteiger partial charge in [0.1, 0.15) is 5.75 Å². The Balaban J connectivity index is 2.16. The molecule has 110 valence electrons. The summed E-state index contributed by atoms with van der Waals surface area (Å²) in [6.07, 6.45) is 0. The molecule has 6 heteroatoms. The van der Waals surface area contributed by atoms with E-state index in [2.05, 4.69) is 23.9 Å². The second-order valence-corrected chi connectivity index (χ2v) is 6.01. The Hall–Kier alpha value is -1.92. The van der Waals surface area contributed by atoms with Crippen molar-refractivity contribution >= 4 is 16.3 Å². The zero-order valence-electron chi connectivity index (χ0n) is 12.2. The third-order valence-corrected chi connectivity index (χ3v) is 4.30. The topological polar surface area (TPSA) is 59.7 Å². The van der Waals surface area contributed by atoms with Crippen LogP contribution >= 0.6 is 11.3 Å². The number of imidazole rings is 1. The van der Waals surface area contributed by atoms with E-state index >= 15 is 0 Å². The molecule has 2 aromatic heterocycles. The van der Waals surface area contributed by atoms with E-state index in [9.17, 15) is 5.11 Å². The van der Waals surface area contributed by atoms with Crippen molar-refractivity contribution in [3.8, 4) is 16.3 Å². The number of methoxy groups -OCH3 is 1. The summed E-state index contributed by atoms with van der Waals surface area (Å²) in [5, 5.41) is 15.0. The standard InChI is InChI=1S/C15H17N3O2S/c1-9(2)13-11(8-19)18-15(16-13)21-14(17-18)10-6-4-5-7-12(10)20-3/h4-7,9,19H,8H2,1-3H3. The number of hydrogen-bond acceptors (Lipinski definition) is 5. The van der Waals surface area contributed by atoms with Gasteiger partial charge in [0.05, 0.1) is 30.7 Å². The first-order valence-corrected chi connectivity index (χ1v) is 7.60. The Labute approximate surface area is 126 Å². The van der Waals surface area contributed by atoms with Gasteiger partial charge in [0.25, 0.3) is 0 Å². The van der Waals surface area contributed by atoms with Gasteiger partial charge in [-0.3, -0.25) is 0 Å². The molecule has 5 nitrogen and oxygen atoms in total. The second kappa shape index (κ2) is 5.46. The summed E-state index contributed by atoms with van der Waals surface area (Å²) in [5.41, 5.74) is 2.60. The number of aromatic nitrogens is 3. The maximum absolute atomic E-state index is 9.61. The third-order valence-electron chi connectivity index (χ3n) is 3.36. The molecule has 0 bridgehead atoms. The molecule has 0 aliphatic rings. The van der Waals surface area contributed by atoms with E-state index in [1.54, 1.807) is 11.6 Å². The third kappa shape index (κ3) is 2.30. The van der Waals surface area contributed by atoms with Gasteiger partial charge in [-0.25, -0.2) is 9.50 Å². The van der Waals surface area contributed by atoms with E-state index in [1.807, 2.05) is 24.3 Å². The molecule has 2 heterocycles. The lowest BCUT2D eigenvalue weighted by Crippen LogP contribution is -1.99. The van der Waals surface area contributed by atoms with Gasteiger partial charge in [-0.1, -0.05) is 37.3 Å². The fourth-order valence-corrected chi connectivity index (χ4v) is 3.30. The molecule has 0 unspecified atom stereocenters. The monoisotopic (exact) mass is 303 g/mol. The van der Waals surface area contributed by atoms with Gasteiger partial charge in [-0.2, -0.15) is 5.10 Å². The van der Waals surface area contributed by atoms with Crippen molar-refractivity contribution in [3.63, 3.8) is 0 Å². The van der Waals surface area contributed by atoms with E-state index < -0.39 is 0 Å². The Morgan fingerprint density at radius 1 is 1.33 bits per heavy atom. The first kappa shape index (κ1) is 14.0. The molecule has 0 amide bonds. The van der Waals surface area contributed by atoms with E-state index in [-0.39, 0.29) is 12.5 Å². The molecule has 21 heavy (non-hydrogen) atoms. The van der Waals surface area contributed by atoms with Crippen LogP contribution in [0, 0.1) is 0 Å². The molecule has 0 saturated heterocycles. The summed E-state index contributed by atoms with van der Waals surface area (Å²) in [6.45, 7) is 4.06. The highest BCUT2D eigenvalue weighted by molar-refractivity contribution is 7.19. The summed E-state index contributed by atoms with van der Waals surface area (Å²) >= 11 is 1.50. The van der Waals surface area contributed by atoms with Crippen molar-refractivity contribution in [3.05, 3.63) is 35.7 Å². The number of fused-ring (bicyclic) bond motifs is 1. The van der Waals surface area contributed by atoms with Gasteiger partial charge in [-0.05, 0) is 18.1 Å². The van der Waals surface area contributed by atoms with Crippen LogP contribution in [0.2, 0.25) is 0 Å². The van der Waals surface area contributed by atoms with Crippen LogP contribution in [0.1, 0.15) is 31.2 Å². The zero-order chi connectivity index (χ0) is 15.0. The van der Waals surface area contributed by atoms with Crippen LogP contribution in [0.15, 0.2) is 24.3 Å². The van der Waals surface area contributed by atoms with E-state index in [4.69, 9.17) is 4.74 Å². The molecule has 0 atom stereocenters. The molecule has 0 aliphatic heterocycles. The minimum Gasteiger partial charge on any atom is -0.496 e. The fourth-order valence-electron chi connectivity index (χ4n) is 2.35. The lowest BCUT2D eigenvalue weighted by Gasteiger charge is -2.05. The highest BCUT2D eigenvalue weighted by Gasteiger charge is 2.19. The summed E-state index contributed by atoms with van der Waals surface area (Å²) in [4.78, 5) is 5.40. The predicted octanol–water partition coefficient (Wildman–Crippen LogP) is 3.08. The molecule has 0 fully saturated rings. The number of rotatable bonds is 4. The van der Waals surface area contributed by atoms with Crippen LogP contribution in [0.3, 0.4) is 0 Å². The maximum atomic E-state index is 9.61. The Morgan fingerprint density at radius 2 is 2.10 bits per heavy atom. The normalized spacial score (nSPS) is 11.5. The van der Waals surface area contributed by atoms with Crippen LogP contribution in [-0.2, 0) is 6.61 Å². The average molecular weight is 303 g/mol. The Bertz CT molecular complexity index is 776. The van der Waals surface area contributed by atoms with E-state index in [1.165, 1.54) is 11.3 Å². The van der Waals surface area contributed by atoms with Crippen LogP contribution in [0.5, 0.6) is 5.75 Å². The van der Waals surface area contributed by atoms with Crippen LogP contribution in [0.4, 0.5) is 0 Å². The highest BCUT2D eigenvalue weighted by atomic mass is 32.1. The van der Waals surface area contributed by atoms with Gasteiger partial charge >= 0.3 is 0 Å². The number of aliphatic hydroxyl groups is 1. The van der Waals surface area contributed by atoms with Crippen LogP contribution in [-0.4, -0.2) is 26.8 Å². The summed E-state index contributed by atoms with van der Waals surface area (Å²) in [7, 11) is 1.65. The SMILES string of the molecule is COc1ccccc1-c1nn2c(CO)c(C(C)C)nc2s1. The molecule has 1 aromatic carbocycles. The summed E-state index contributed by atoms with van der Waals surface area (Å²) in [5.74, 6) is 1.04. The van der Waals surface area contributed by atoms with Crippen molar-refractivity contribution in [1.82, 2.24) is 14.6 Å². The predicted molar refractivity (Wildman–Crippen MR) is 82.9 cm³/mol. The number of nitrogens with zero attached hydrogens (tertiary/aromatic N) is 3. The molecule has 0 aliphatic carbocycles. The number of aliphatic hydroxyl groups excluding tert-OH is 1. The molecule has 3 aromatic rings. The number of benzene rings is 1. The Morgan fingerprint density at radius 3 is 2.76 bits per heavy atom. The van der Waals surface area contributed by atoms with E-state index in [0.717, 1.165) is 32.7 Å². The van der Waals surface area contributed by atoms with Crippen molar-refractivity contribution in [2.45, 2.75) is 26.4 Å². The quantitative estimate of drug-likeness (QED) is 0.804. The first-order valence-electron chi connectivity index (χ1n) is 6.78. The number of para-hydroxylation sites is 1. The number of hydrogen-bond donors (Lipinski definition) is 1. The van der Waals surface area contributed by atoms with Crippen LogP contribution < -0.4 is 4.74 Å². The van der Waals surface area contributed by atoms with Crippen molar-refractivity contribution in [2.75, 3.05) is 7.11 Å². The van der Waals surface area contributed by atoms with Gasteiger partial charge in [0.15, 0.2) is 5.01 Å². The van der Waals surface area contributed by atoms with Gasteiger partial charge in [0, 0.05) is 0 Å². The maximum Gasteiger partial charge on any atom is 0.213 e. The molecular formula is C15H17N3O2S. The van der Waals surface area contributed by atoms with Crippen LogP contribution in [0.25, 0.3) is 15.5 Å². The van der Waals surface area contributed by atoms with Crippen molar-refractivity contribution < 1.29 is 9.84 Å².